The molecule has 3 N–H and O–H groups in total. The molecule has 0 fully saturated rings. The highest BCUT2D eigenvalue weighted by Gasteiger charge is 2.12. The van der Waals surface area contributed by atoms with Gasteiger partial charge in [-0.25, -0.2) is 0 Å². The summed E-state index contributed by atoms with van der Waals surface area (Å²) >= 11 is 0. The zero-order valence-corrected chi connectivity index (χ0v) is 9.96. The van der Waals surface area contributed by atoms with Crippen LogP contribution in [0.4, 0.5) is 0 Å². The van der Waals surface area contributed by atoms with E-state index in [0.29, 0.717) is 6.42 Å². The molecule has 0 amide bonds. The van der Waals surface area contributed by atoms with Crippen LogP contribution in [0.1, 0.15) is 23.0 Å². The standard InChI is InChI=1S/C11H16N6/c1-8-3-4-9(6-13-8)11(14-12)5-10-7-17(2)16-15-10/h3-4,6-7,11,14H,5,12H2,1-2H3. The SMILES string of the molecule is Cc1ccc(C(Cc2cn(C)nn2)NN)cn1. The maximum Gasteiger partial charge on any atom is 0.0846 e. The van der Waals surface area contributed by atoms with E-state index in [-0.39, 0.29) is 6.04 Å². The summed E-state index contributed by atoms with van der Waals surface area (Å²) in [7, 11) is 1.84. The molecule has 0 bridgehead atoms. The number of pyridine rings is 1. The second-order valence-corrected chi connectivity index (χ2v) is 4.04. The van der Waals surface area contributed by atoms with Crippen LogP contribution >= 0.6 is 0 Å². The zero-order chi connectivity index (χ0) is 12.3. The first kappa shape index (κ1) is 11.7. The predicted molar refractivity (Wildman–Crippen MR) is 63.7 cm³/mol. The summed E-state index contributed by atoms with van der Waals surface area (Å²) in [6.07, 6.45) is 4.40. The Morgan fingerprint density at radius 1 is 1.47 bits per heavy atom. The molecule has 0 aliphatic rings. The summed E-state index contributed by atoms with van der Waals surface area (Å²) in [5.41, 5.74) is 5.71. The molecule has 90 valence electrons. The topological polar surface area (TPSA) is 81.7 Å². The number of hydrazine groups is 1. The number of rotatable bonds is 4. The Hall–Kier alpha value is -1.79. The number of nitrogens with one attached hydrogen (secondary N) is 1. The van der Waals surface area contributed by atoms with Crippen molar-refractivity contribution in [3.05, 3.63) is 41.5 Å². The third-order valence-corrected chi connectivity index (χ3v) is 2.60. The molecule has 2 aromatic rings. The molecular weight excluding hydrogens is 216 g/mol. The molecule has 17 heavy (non-hydrogen) atoms. The van der Waals surface area contributed by atoms with Crippen molar-refractivity contribution < 1.29 is 0 Å². The third-order valence-electron chi connectivity index (χ3n) is 2.60. The molecule has 2 heterocycles. The van der Waals surface area contributed by atoms with E-state index in [4.69, 9.17) is 5.84 Å². The van der Waals surface area contributed by atoms with Gasteiger partial charge in [0, 0.05) is 31.6 Å². The van der Waals surface area contributed by atoms with Crippen molar-refractivity contribution in [2.45, 2.75) is 19.4 Å². The second kappa shape index (κ2) is 5.03. The van der Waals surface area contributed by atoms with Gasteiger partial charge in [0.1, 0.15) is 0 Å². The van der Waals surface area contributed by atoms with Crippen molar-refractivity contribution in [2.24, 2.45) is 12.9 Å². The first-order chi connectivity index (χ1) is 8.19. The Labute approximate surface area is 99.8 Å². The lowest BCUT2D eigenvalue weighted by atomic mass is 10.0. The third kappa shape index (κ3) is 2.86. The molecule has 1 atom stereocenters. The van der Waals surface area contributed by atoms with Crippen LogP contribution in [0, 0.1) is 6.92 Å². The van der Waals surface area contributed by atoms with Crippen molar-refractivity contribution in [2.75, 3.05) is 0 Å². The van der Waals surface area contributed by atoms with Gasteiger partial charge in [-0.1, -0.05) is 11.3 Å². The van der Waals surface area contributed by atoms with Crippen LogP contribution in [0.5, 0.6) is 0 Å². The largest absolute Gasteiger partial charge is 0.271 e. The Kier molecular flexibility index (Phi) is 3.46. The molecule has 0 radical (unpaired) electrons. The fraction of sp³-hybridized carbons (Fsp3) is 0.364. The number of hydrogen-bond donors (Lipinski definition) is 2. The van der Waals surface area contributed by atoms with Crippen LogP contribution in [0.2, 0.25) is 0 Å². The van der Waals surface area contributed by atoms with E-state index in [1.54, 1.807) is 4.68 Å². The summed E-state index contributed by atoms with van der Waals surface area (Å²) in [4.78, 5) is 4.26. The lowest BCUT2D eigenvalue weighted by Crippen LogP contribution is -2.29. The Morgan fingerprint density at radius 3 is 2.82 bits per heavy atom. The maximum absolute atomic E-state index is 5.56. The normalized spacial score (nSPS) is 12.6. The van der Waals surface area contributed by atoms with E-state index in [1.165, 1.54) is 0 Å². The van der Waals surface area contributed by atoms with Crippen LogP contribution in [0.25, 0.3) is 0 Å². The summed E-state index contributed by atoms with van der Waals surface area (Å²) < 4.78 is 1.68. The molecule has 0 aliphatic carbocycles. The number of nitrogens with two attached hydrogens (primary N) is 1. The lowest BCUT2D eigenvalue weighted by molar-refractivity contribution is 0.543. The molecule has 2 rings (SSSR count). The lowest BCUT2D eigenvalue weighted by Gasteiger charge is -2.14. The van der Waals surface area contributed by atoms with Gasteiger partial charge in [0.25, 0.3) is 0 Å². The van der Waals surface area contributed by atoms with Gasteiger partial charge < -0.3 is 0 Å². The maximum atomic E-state index is 5.56. The minimum atomic E-state index is -0.000185. The molecular formula is C11H16N6. The Bertz CT molecular complexity index is 475. The van der Waals surface area contributed by atoms with Crippen molar-refractivity contribution in [3.63, 3.8) is 0 Å². The molecule has 0 saturated heterocycles. The predicted octanol–water partition coefficient (Wildman–Crippen LogP) is 0.266. The van der Waals surface area contributed by atoms with Crippen LogP contribution < -0.4 is 11.3 Å². The van der Waals surface area contributed by atoms with Crippen LogP contribution in [0.15, 0.2) is 24.5 Å². The summed E-state index contributed by atoms with van der Waals surface area (Å²) in [6.45, 7) is 1.96. The quantitative estimate of drug-likeness (QED) is 0.584. The number of hydrogen-bond acceptors (Lipinski definition) is 5. The van der Waals surface area contributed by atoms with Gasteiger partial charge in [0.2, 0.25) is 0 Å². The average Bonchev–Trinajstić information content (AvgIpc) is 2.73. The molecule has 2 aromatic heterocycles. The van der Waals surface area contributed by atoms with E-state index in [0.717, 1.165) is 17.0 Å². The first-order valence-electron chi connectivity index (χ1n) is 5.43. The molecule has 0 saturated carbocycles. The molecule has 0 aliphatic heterocycles. The second-order valence-electron chi connectivity index (χ2n) is 4.04. The van der Waals surface area contributed by atoms with Gasteiger partial charge in [-0.15, -0.1) is 5.10 Å². The van der Waals surface area contributed by atoms with Gasteiger partial charge in [-0.3, -0.25) is 20.9 Å². The van der Waals surface area contributed by atoms with E-state index in [1.807, 2.05) is 38.5 Å². The van der Waals surface area contributed by atoms with Gasteiger partial charge in [-0.05, 0) is 18.6 Å². The first-order valence-corrected chi connectivity index (χ1v) is 5.43. The van der Waals surface area contributed by atoms with Gasteiger partial charge in [0.05, 0.1) is 11.7 Å². The van der Waals surface area contributed by atoms with Crippen LogP contribution in [-0.4, -0.2) is 20.0 Å². The van der Waals surface area contributed by atoms with Crippen molar-refractivity contribution in [1.29, 1.82) is 0 Å². The summed E-state index contributed by atoms with van der Waals surface area (Å²) in [6, 6.07) is 3.99. The molecule has 6 heteroatoms. The Morgan fingerprint density at radius 2 is 2.29 bits per heavy atom. The van der Waals surface area contributed by atoms with Crippen molar-refractivity contribution in [1.82, 2.24) is 25.4 Å². The fourth-order valence-electron chi connectivity index (χ4n) is 1.66. The van der Waals surface area contributed by atoms with Crippen LogP contribution in [0.3, 0.4) is 0 Å². The minimum Gasteiger partial charge on any atom is -0.271 e. The molecule has 1 unspecified atom stereocenters. The van der Waals surface area contributed by atoms with E-state index in [9.17, 15) is 0 Å². The van der Waals surface area contributed by atoms with E-state index < -0.39 is 0 Å². The van der Waals surface area contributed by atoms with E-state index >= 15 is 0 Å². The number of nitrogens with zero attached hydrogens (tertiary/aromatic N) is 4. The molecule has 0 spiro atoms. The highest BCUT2D eigenvalue weighted by molar-refractivity contribution is 5.18. The Balaban J connectivity index is 2.13. The van der Waals surface area contributed by atoms with Crippen molar-refractivity contribution in [3.8, 4) is 0 Å². The fourth-order valence-corrected chi connectivity index (χ4v) is 1.66. The monoisotopic (exact) mass is 232 g/mol. The van der Waals surface area contributed by atoms with Crippen LogP contribution in [-0.2, 0) is 13.5 Å². The summed E-state index contributed by atoms with van der Waals surface area (Å²) in [5.74, 6) is 5.56. The number of aromatic nitrogens is 4. The van der Waals surface area contributed by atoms with E-state index in [2.05, 4.69) is 20.7 Å². The average molecular weight is 232 g/mol. The highest BCUT2D eigenvalue weighted by Crippen LogP contribution is 2.15. The van der Waals surface area contributed by atoms with Gasteiger partial charge >= 0.3 is 0 Å². The highest BCUT2D eigenvalue weighted by atomic mass is 15.4. The van der Waals surface area contributed by atoms with Crippen molar-refractivity contribution >= 4 is 0 Å². The zero-order valence-electron chi connectivity index (χ0n) is 9.96. The minimum absolute atomic E-state index is 0.000185. The molecule has 0 aromatic carbocycles. The number of aryl methyl sites for hydroxylation is 2. The summed E-state index contributed by atoms with van der Waals surface area (Å²) in [5, 5.41) is 7.94. The molecule has 6 nitrogen and oxygen atoms in total. The smallest absolute Gasteiger partial charge is 0.0846 e. The van der Waals surface area contributed by atoms with Gasteiger partial charge in [0.15, 0.2) is 0 Å². The van der Waals surface area contributed by atoms with Gasteiger partial charge in [-0.2, -0.15) is 0 Å².